The third kappa shape index (κ3) is 3.73. The second kappa shape index (κ2) is 8.79. The number of piperazine rings is 1. The van der Waals surface area contributed by atoms with Crippen molar-refractivity contribution in [2.24, 2.45) is 5.10 Å². The minimum atomic E-state index is -0.304. The van der Waals surface area contributed by atoms with Crippen LogP contribution in [0.4, 0.5) is 14.9 Å². The van der Waals surface area contributed by atoms with E-state index in [1.807, 2.05) is 25.1 Å². The van der Waals surface area contributed by atoms with Crippen LogP contribution in [0.5, 0.6) is 11.5 Å². The molecule has 1 unspecified atom stereocenters. The van der Waals surface area contributed by atoms with Crippen molar-refractivity contribution in [3.63, 3.8) is 0 Å². The molecule has 2 amide bonds. The largest absolute Gasteiger partial charge is 0.493 e. The van der Waals surface area contributed by atoms with E-state index in [-0.39, 0.29) is 23.9 Å². The first kappa shape index (κ1) is 22.5. The Morgan fingerprint density at radius 3 is 2.62 bits per heavy atom. The Balaban J connectivity index is 1.66. The number of hydrogen-bond donors (Lipinski definition) is 2. The molecule has 5 rings (SSSR count). The van der Waals surface area contributed by atoms with Gasteiger partial charge in [-0.05, 0) is 55.7 Å². The fourth-order valence-corrected chi connectivity index (χ4v) is 5.28. The highest BCUT2D eigenvalue weighted by molar-refractivity contribution is 6.15. The lowest BCUT2D eigenvalue weighted by Gasteiger charge is -2.30. The van der Waals surface area contributed by atoms with Crippen molar-refractivity contribution in [1.82, 2.24) is 15.6 Å². The fraction of sp³-hybridized carbons (Fsp3) is 0.440. The number of rotatable bonds is 4. The number of hydrogen-bond acceptors (Lipinski definition) is 6. The summed E-state index contributed by atoms with van der Waals surface area (Å²) < 4.78 is 26.1. The molecule has 2 aromatic carbocycles. The lowest BCUT2D eigenvalue weighted by atomic mass is 9.93. The molecule has 3 heterocycles. The molecule has 2 fully saturated rings. The van der Waals surface area contributed by atoms with Crippen LogP contribution in [0, 0.1) is 5.82 Å². The molecule has 2 N–H and O–H groups in total. The Bertz CT molecular complexity index is 1150. The summed E-state index contributed by atoms with van der Waals surface area (Å²) in [5.74, 6) is 0.927. The maximum absolute atomic E-state index is 15.0. The van der Waals surface area contributed by atoms with Gasteiger partial charge in [0, 0.05) is 43.3 Å². The second-order valence-electron chi connectivity index (χ2n) is 9.08. The molecular weight excluding hydrogens is 437 g/mol. The quantitative estimate of drug-likeness (QED) is 0.723. The number of ether oxygens (including phenoxy) is 2. The van der Waals surface area contributed by atoms with E-state index in [2.05, 4.69) is 15.5 Å². The summed E-state index contributed by atoms with van der Waals surface area (Å²) in [5, 5.41) is 12.4. The number of carbonyl (C=O) groups is 1. The minimum absolute atomic E-state index is 0.199. The Kier molecular flexibility index (Phi) is 5.81. The number of nitrogens with one attached hydrogen (secondary N) is 2. The van der Waals surface area contributed by atoms with Crippen LogP contribution in [-0.4, -0.2) is 69.2 Å². The zero-order valence-electron chi connectivity index (χ0n) is 19.9. The van der Waals surface area contributed by atoms with Gasteiger partial charge in [0.15, 0.2) is 11.5 Å². The number of fused-ring (bicyclic) bond motifs is 3. The highest BCUT2D eigenvalue weighted by Crippen LogP contribution is 2.36. The summed E-state index contributed by atoms with van der Waals surface area (Å²) in [6.07, 6.45) is 1.60. The summed E-state index contributed by atoms with van der Waals surface area (Å²) in [7, 11) is 4.77. The number of urea groups is 1. The number of carbonyl (C=O) groups excluding carboxylic acids is 1. The molecule has 2 saturated heterocycles. The topological polar surface area (TPSA) is 78.4 Å². The average Bonchev–Trinajstić information content (AvgIpc) is 3.45. The van der Waals surface area contributed by atoms with E-state index in [0.29, 0.717) is 35.4 Å². The minimum Gasteiger partial charge on any atom is -0.493 e. The van der Waals surface area contributed by atoms with Crippen molar-refractivity contribution < 1.29 is 18.7 Å². The second-order valence-corrected chi connectivity index (χ2v) is 9.08. The first-order valence-electron chi connectivity index (χ1n) is 11.6. The van der Waals surface area contributed by atoms with Crippen LogP contribution in [0.25, 0.3) is 0 Å². The van der Waals surface area contributed by atoms with Crippen molar-refractivity contribution in [3.8, 4) is 11.5 Å². The van der Waals surface area contributed by atoms with Crippen molar-refractivity contribution in [2.45, 2.75) is 37.9 Å². The van der Waals surface area contributed by atoms with Gasteiger partial charge in [-0.15, -0.1) is 0 Å². The van der Waals surface area contributed by atoms with Crippen molar-refractivity contribution in [1.29, 1.82) is 0 Å². The van der Waals surface area contributed by atoms with E-state index in [1.54, 1.807) is 27.3 Å². The third-order valence-electron chi connectivity index (χ3n) is 7.01. The molecule has 9 heteroatoms. The lowest BCUT2D eigenvalue weighted by Crippen LogP contribution is -2.44. The number of halogens is 1. The van der Waals surface area contributed by atoms with Gasteiger partial charge in [-0.1, -0.05) is 0 Å². The van der Waals surface area contributed by atoms with Crippen LogP contribution in [0.1, 0.15) is 30.0 Å². The van der Waals surface area contributed by atoms with Gasteiger partial charge in [0.2, 0.25) is 0 Å². The average molecular weight is 468 g/mol. The first-order valence-corrected chi connectivity index (χ1v) is 11.6. The lowest BCUT2D eigenvalue weighted by molar-refractivity contribution is 0.184. The van der Waals surface area contributed by atoms with Gasteiger partial charge in [0.25, 0.3) is 0 Å². The molecule has 2 bridgehead atoms. The number of benzene rings is 2. The van der Waals surface area contributed by atoms with Crippen LogP contribution in [0.2, 0.25) is 0 Å². The van der Waals surface area contributed by atoms with E-state index in [9.17, 15) is 4.79 Å². The third-order valence-corrected chi connectivity index (χ3v) is 7.01. The first-order chi connectivity index (χ1) is 16.4. The molecule has 0 spiro atoms. The monoisotopic (exact) mass is 467 g/mol. The van der Waals surface area contributed by atoms with Gasteiger partial charge >= 0.3 is 6.03 Å². The summed E-state index contributed by atoms with van der Waals surface area (Å²) in [4.78, 5) is 14.8. The summed E-state index contributed by atoms with van der Waals surface area (Å²) >= 11 is 0. The van der Waals surface area contributed by atoms with Crippen LogP contribution >= 0.6 is 0 Å². The molecule has 180 valence electrons. The maximum atomic E-state index is 15.0. The van der Waals surface area contributed by atoms with Crippen molar-refractivity contribution in [3.05, 3.63) is 52.8 Å². The number of methoxy groups -OCH3 is 2. The van der Waals surface area contributed by atoms with Gasteiger partial charge in [0.05, 0.1) is 31.7 Å². The molecule has 0 aliphatic carbocycles. The molecule has 0 saturated carbocycles. The SMILES string of the molecule is CNC(=O)N1N=C(c2ccc(F)c(N3C[C@@H]4C[C@H]3CN4)c2)c2cc(OC)c(OC)cc2CC1C. The molecule has 3 atom stereocenters. The molecule has 34 heavy (non-hydrogen) atoms. The van der Waals surface area contributed by atoms with E-state index >= 15 is 4.39 Å². The normalized spacial score (nSPS) is 23.3. The van der Waals surface area contributed by atoms with Gasteiger partial charge in [-0.25, -0.2) is 14.2 Å². The standard InChI is InChI=1S/C25H30FN5O3/c1-14-7-16-9-22(33-3)23(34-4)11-19(16)24(29-31(14)25(32)27-2)15-5-6-20(26)21(8-15)30-13-17-10-18(30)12-28-17/h5-6,8-9,11,14,17-18,28H,7,10,12-13H2,1-4H3,(H,27,32)/t14?,17-,18-/m0/s1. The van der Waals surface area contributed by atoms with Gasteiger partial charge in [0.1, 0.15) is 5.82 Å². The zero-order chi connectivity index (χ0) is 24.0. The van der Waals surface area contributed by atoms with Gasteiger partial charge in [-0.3, -0.25) is 0 Å². The highest BCUT2D eigenvalue weighted by atomic mass is 19.1. The van der Waals surface area contributed by atoms with Crippen molar-refractivity contribution in [2.75, 3.05) is 39.3 Å². The predicted octanol–water partition coefficient (Wildman–Crippen LogP) is 2.73. The molecule has 3 aliphatic heterocycles. The smallest absolute Gasteiger partial charge is 0.337 e. The molecule has 0 radical (unpaired) electrons. The maximum Gasteiger partial charge on any atom is 0.337 e. The molecule has 2 aromatic rings. The van der Waals surface area contributed by atoms with Crippen LogP contribution in [-0.2, 0) is 6.42 Å². The van der Waals surface area contributed by atoms with Gasteiger partial charge < -0.3 is 25.0 Å². The van der Waals surface area contributed by atoms with E-state index < -0.39 is 0 Å². The summed E-state index contributed by atoms with van der Waals surface area (Å²) in [6.45, 7) is 3.59. The Labute approximate surface area is 198 Å². The highest BCUT2D eigenvalue weighted by Gasteiger charge is 2.39. The van der Waals surface area contributed by atoms with Crippen molar-refractivity contribution >= 4 is 17.4 Å². The Morgan fingerprint density at radius 1 is 1.21 bits per heavy atom. The van der Waals surface area contributed by atoms with Crippen LogP contribution in [0.15, 0.2) is 35.4 Å². The number of nitrogens with zero attached hydrogens (tertiary/aromatic N) is 3. The molecule has 8 nitrogen and oxygen atoms in total. The van der Waals surface area contributed by atoms with Crippen LogP contribution in [0.3, 0.4) is 0 Å². The predicted molar refractivity (Wildman–Crippen MR) is 129 cm³/mol. The van der Waals surface area contributed by atoms with Crippen LogP contribution < -0.4 is 25.0 Å². The number of anilines is 1. The fourth-order valence-electron chi connectivity index (χ4n) is 5.28. The van der Waals surface area contributed by atoms with Gasteiger partial charge in [-0.2, -0.15) is 5.10 Å². The molecule has 3 aliphatic rings. The zero-order valence-corrected chi connectivity index (χ0v) is 19.9. The Hall–Kier alpha value is -3.33. The van der Waals surface area contributed by atoms with E-state index in [0.717, 1.165) is 36.2 Å². The summed E-state index contributed by atoms with van der Waals surface area (Å²) in [6, 6.07) is 9.06. The number of amides is 2. The summed E-state index contributed by atoms with van der Waals surface area (Å²) in [5.41, 5.74) is 3.71. The van der Waals surface area contributed by atoms with E-state index in [4.69, 9.17) is 14.6 Å². The van der Waals surface area contributed by atoms with E-state index in [1.165, 1.54) is 11.1 Å². The molecular formula is C25H30FN5O3. The number of hydrazone groups is 1. The molecule has 0 aromatic heterocycles. The Morgan fingerprint density at radius 2 is 1.97 bits per heavy atom.